The van der Waals surface area contributed by atoms with Crippen LogP contribution in [0.3, 0.4) is 0 Å². The van der Waals surface area contributed by atoms with Gasteiger partial charge in [0.15, 0.2) is 0 Å². The Kier molecular flexibility index (Phi) is 10.5. The van der Waals surface area contributed by atoms with Gasteiger partial charge in [-0.3, -0.25) is 14.5 Å². The van der Waals surface area contributed by atoms with Gasteiger partial charge in [0.05, 0.1) is 36.0 Å². The van der Waals surface area contributed by atoms with E-state index in [2.05, 4.69) is 5.32 Å². The molecule has 0 spiro atoms. The molecule has 9 heteroatoms. The zero-order valence-corrected chi connectivity index (χ0v) is 22.6. The predicted molar refractivity (Wildman–Crippen MR) is 140 cm³/mol. The summed E-state index contributed by atoms with van der Waals surface area (Å²) in [6, 6.07) is 6.30. The number of halogens is 1. The Morgan fingerprint density at radius 3 is 2.37 bits per heavy atom. The van der Waals surface area contributed by atoms with Gasteiger partial charge in [-0.25, -0.2) is 0 Å². The Hall–Kier alpha value is -1.71. The van der Waals surface area contributed by atoms with E-state index >= 15 is 0 Å². The number of benzene rings is 1. The molecule has 1 aliphatic rings. The highest BCUT2D eigenvalue weighted by atomic mass is 35.5. The van der Waals surface area contributed by atoms with Gasteiger partial charge in [0.2, 0.25) is 11.8 Å². The molecule has 5 N–H and O–H groups in total. The summed E-state index contributed by atoms with van der Waals surface area (Å²) in [4.78, 5) is 29.6. The van der Waals surface area contributed by atoms with E-state index in [4.69, 9.17) is 17.3 Å². The first-order valence-electron chi connectivity index (χ1n) is 12.4. The molecule has 198 valence electrons. The van der Waals surface area contributed by atoms with E-state index < -0.39 is 23.6 Å². The van der Waals surface area contributed by atoms with E-state index in [0.29, 0.717) is 23.8 Å². The van der Waals surface area contributed by atoms with Crippen molar-refractivity contribution >= 4 is 29.1 Å². The molecule has 2 rings (SSSR count). The second kappa shape index (κ2) is 12.5. The zero-order chi connectivity index (χ0) is 26.5. The first-order chi connectivity index (χ1) is 16.3. The average molecular weight is 511 g/mol. The minimum Gasteiger partial charge on any atom is -0.394 e. The molecule has 0 saturated carbocycles. The molecule has 35 heavy (non-hydrogen) atoms. The number of nitrogens with one attached hydrogen (secondary N) is 1. The highest BCUT2D eigenvalue weighted by Gasteiger charge is 2.40. The van der Waals surface area contributed by atoms with Crippen molar-refractivity contribution in [2.75, 3.05) is 31.1 Å². The lowest BCUT2D eigenvalue weighted by molar-refractivity contribution is -0.129. The van der Waals surface area contributed by atoms with Crippen LogP contribution in [0.2, 0.25) is 5.02 Å². The first-order valence-corrected chi connectivity index (χ1v) is 12.8. The fourth-order valence-corrected chi connectivity index (χ4v) is 4.68. The maximum atomic E-state index is 13.0. The van der Waals surface area contributed by atoms with E-state index in [0.717, 1.165) is 0 Å². The van der Waals surface area contributed by atoms with Crippen LogP contribution >= 0.6 is 11.6 Å². The van der Waals surface area contributed by atoms with Crippen LogP contribution in [0, 0.1) is 17.8 Å². The number of nitrogens with two attached hydrogens (primary N) is 1. The largest absolute Gasteiger partial charge is 0.394 e. The predicted octanol–water partition coefficient (Wildman–Crippen LogP) is 2.25. The monoisotopic (exact) mass is 510 g/mol. The fourth-order valence-electron chi connectivity index (χ4n) is 4.45. The Morgan fingerprint density at radius 1 is 1.20 bits per heavy atom. The number of aliphatic hydroxyl groups is 2. The van der Waals surface area contributed by atoms with Crippen molar-refractivity contribution in [1.82, 2.24) is 10.2 Å². The van der Waals surface area contributed by atoms with Crippen LogP contribution in [-0.4, -0.2) is 76.9 Å². The third-order valence-electron chi connectivity index (χ3n) is 7.06. The SMILES string of the molecule is CC(C)[C@H](C[C@H](O)[C@@H](N)CN1CC(=O)N(c2ccccc2Cl)CC1(C)C)C(=O)N[C@H](CO)C(C)C. The topological polar surface area (TPSA) is 119 Å². The number of carbonyl (C=O) groups is 2. The van der Waals surface area contributed by atoms with Crippen molar-refractivity contribution in [3.05, 3.63) is 29.3 Å². The number of para-hydroxylation sites is 1. The average Bonchev–Trinajstić information content (AvgIpc) is 2.77. The normalized spacial score (nSPS) is 20.1. The summed E-state index contributed by atoms with van der Waals surface area (Å²) in [6.45, 7) is 12.6. The number of aliphatic hydroxyl groups excluding tert-OH is 2. The summed E-state index contributed by atoms with van der Waals surface area (Å²) in [7, 11) is 0. The molecule has 1 fully saturated rings. The number of amides is 2. The number of hydrogen-bond acceptors (Lipinski definition) is 6. The summed E-state index contributed by atoms with van der Waals surface area (Å²) >= 11 is 6.33. The lowest BCUT2D eigenvalue weighted by atomic mass is 9.86. The fraction of sp³-hybridized carbons (Fsp3) is 0.692. The van der Waals surface area contributed by atoms with Crippen molar-refractivity contribution in [3.8, 4) is 0 Å². The maximum absolute atomic E-state index is 13.0. The molecule has 1 aromatic rings. The molecule has 1 aromatic carbocycles. The molecule has 1 heterocycles. The van der Waals surface area contributed by atoms with Crippen molar-refractivity contribution in [2.24, 2.45) is 23.5 Å². The number of carbonyl (C=O) groups excluding carboxylic acids is 2. The van der Waals surface area contributed by atoms with Gasteiger partial charge >= 0.3 is 0 Å². The molecule has 0 aromatic heterocycles. The molecule has 0 radical (unpaired) electrons. The Labute approximate surface area is 214 Å². The van der Waals surface area contributed by atoms with Crippen LogP contribution in [0.5, 0.6) is 0 Å². The lowest BCUT2D eigenvalue weighted by Gasteiger charge is -2.48. The number of rotatable bonds is 11. The van der Waals surface area contributed by atoms with Crippen molar-refractivity contribution in [1.29, 1.82) is 0 Å². The van der Waals surface area contributed by atoms with Crippen LogP contribution in [0.25, 0.3) is 0 Å². The molecule has 0 unspecified atom stereocenters. The van der Waals surface area contributed by atoms with E-state index in [1.54, 1.807) is 11.0 Å². The van der Waals surface area contributed by atoms with Gasteiger partial charge in [-0.2, -0.15) is 0 Å². The van der Waals surface area contributed by atoms with Crippen LogP contribution < -0.4 is 16.0 Å². The van der Waals surface area contributed by atoms with Crippen molar-refractivity contribution in [3.63, 3.8) is 0 Å². The van der Waals surface area contributed by atoms with E-state index in [9.17, 15) is 19.8 Å². The van der Waals surface area contributed by atoms with Crippen molar-refractivity contribution < 1.29 is 19.8 Å². The highest BCUT2D eigenvalue weighted by Crippen LogP contribution is 2.31. The number of nitrogens with zero attached hydrogens (tertiary/aromatic N) is 2. The Balaban J connectivity index is 2.05. The van der Waals surface area contributed by atoms with Gasteiger partial charge in [-0.1, -0.05) is 51.4 Å². The third kappa shape index (κ3) is 7.64. The number of anilines is 1. The summed E-state index contributed by atoms with van der Waals surface area (Å²) < 4.78 is 0. The summed E-state index contributed by atoms with van der Waals surface area (Å²) in [5.41, 5.74) is 6.69. The quantitative estimate of drug-likeness (QED) is 0.362. The van der Waals surface area contributed by atoms with Gasteiger partial charge in [-0.05, 0) is 44.2 Å². The second-order valence-electron chi connectivity index (χ2n) is 11.0. The molecule has 0 aliphatic carbocycles. The molecular formula is C26H43ClN4O4. The molecular weight excluding hydrogens is 468 g/mol. The van der Waals surface area contributed by atoms with E-state index in [-0.39, 0.29) is 49.3 Å². The summed E-state index contributed by atoms with van der Waals surface area (Å²) in [5.74, 6) is -0.644. The van der Waals surface area contributed by atoms with Crippen LogP contribution in [0.4, 0.5) is 5.69 Å². The lowest BCUT2D eigenvalue weighted by Crippen LogP contribution is -2.64. The van der Waals surface area contributed by atoms with Gasteiger partial charge in [-0.15, -0.1) is 0 Å². The Morgan fingerprint density at radius 2 is 1.83 bits per heavy atom. The highest BCUT2D eigenvalue weighted by molar-refractivity contribution is 6.33. The van der Waals surface area contributed by atoms with Crippen molar-refractivity contribution in [2.45, 2.75) is 71.7 Å². The summed E-state index contributed by atoms with van der Waals surface area (Å²) in [5, 5.41) is 23.9. The minimum atomic E-state index is -0.924. The minimum absolute atomic E-state index is 0.0134. The smallest absolute Gasteiger partial charge is 0.241 e. The third-order valence-corrected chi connectivity index (χ3v) is 7.38. The second-order valence-corrected chi connectivity index (χ2v) is 11.4. The first kappa shape index (κ1) is 29.5. The van der Waals surface area contributed by atoms with Gasteiger partial charge in [0.1, 0.15) is 0 Å². The van der Waals surface area contributed by atoms with E-state index in [1.807, 2.05) is 64.6 Å². The Bertz CT molecular complexity index is 864. The van der Waals surface area contributed by atoms with E-state index in [1.165, 1.54) is 0 Å². The zero-order valence-electron chi connectivity index (χ0n) is 21.9. The van der Waals surface area contributed by atoms with Crippen LogP contribution in [-0.2, 0) is 9.59 Å². The standard InChI is InChI=1S/C26H43ClN4O4/c1-16(2)18(25(35)29-21(14-32)17(3)4)11-23(33)20(28)12-30-13-24(34)31(15-26(30,5)6)22-10-8-7-9-19(22)27/h7-10,16-18,20-21,23,32-33H,11-15,28H2,1-6H3,(H,29,35)/t18-,20-,21+,23-/m0/s1. The summed E-state index contributed by atoms with van der Waals surface area (Å²) in [6.07, 6.45) is -0.721. The van der Waals surface area contributed by atoms with Gasteiger partial charge in [0.25, 0.3) is 0 Å². The van der Waals surface area contributed by atoms with Gasteiger partial charge in [0, 0.05) is 30.6 Å². The molecule has 4 atom stereocenters. The maximum Gasteiger partial charge on any atom is 0.241 e. The van der Waals surface area contributed by atoms with Gasteiger partial charge < -0.3 is 26.2 Å². The van der Waals surface area contributed by atoms with Crippen LogP contribution in [0.15, 0.2) is 24.3 Å². The molecule has 2 amide bonds. The molecule has 1 saturated heterocycles. The molecule has 8 nitrogen and oxygen atoms in total. The number of hydrogen-bond donors (Lipinski definition) is 4. The molecule has 0 bridgehead atoms. The van der Waals surface area contributed by atoms with Crippen LogP contribution in [0.1, 0.15) is 48.0 Å². The molecule has 1 aliphatic heterocycles. The number of piperazine rings is 1.